The Morgan fingerprint density at radius 3 is 2.70 bits per heavy atom. The highest BCUT2D eigenvalue weighted by Gasteiger charge is 2.14. The molecule has 0 aliphatic carbocycles. The predicted molar refractivity (Wildman–Crippen MR) is 110 cm³/mol. The first-order valence-corrected chi connectivity index (χ1v) is 9.97. The molecule has 0 spiro atoms. The second kappa shape index (κ2) is 8.37. The lowest BCUT2D eigenvalue weighted by Crippen LogP contribution is -2.27. The van der Waals surface area contributed by atoms with Gasteiger partial charge in [0.15, 0.2) is 5.82 Å². The van der Waals surface area contributed by atoms with Crippen molar-refractivity contribution in [3.8, 4) is 11.4 Å². The number of hydrogen-bond donors (Lipinski definition) is 1. The molecule has 0 aliphatic rings. The number of nitrogens with zero attached hydrogens (tertiary/aromatic N) is 4. The first-order valence-electron chi connectivity index (χ1n) is 9.09. The van der Waals surface area contributed by atoms with E-state index in [-0.39, 0.29) is 23.8 Å². The summed E-state index contributed by atoms with van der Waals surface area (Å²) in [6.07, 6.45) is 0.671. The van der Waals surface area contributed by atoms with E-state index in [0.717, 1.165) is 5.69 Å². The van der Waals surface area contributed by atoms with Gasteiger partial charge in [0.05, 0.1) is 22.6 Å². The van der Waals surface area contributed by atoms with Gasteiger partial charge in [-0.15, -0.1) is 16.4 Å². The lowest BCUT2D eigenvalue weighted by molar-refractivity contribution is -0.384. The van der Waals surface area contributed by atoms with Gasteiger partial charge in [0, 0.05) is 30.5 Å². The minimum atomic E-state index is -0.479. The number of fused-ring (bicyclic) bond motifs is 1. The zero-order chi connectivity index (χ0) is 21.1. The summed E-state index contributed by atoms with van der Waals surface area (Å²) in [4.78, 5) is 27.4. The number of rotatable bonds is 7. The Hall–Kier alpha value is -3.66. The summed E-state index contributed by atoms with van der Waals surface area (Å²) in [5.74, 6) is -0.236. The Bertz CT molecular complexity index is 1220. The van der Waals surface area contributed by atoms with Crippen LogP contribution >= 0.6 is 11.3 Å². The summed E-state index contributed by atoms with van der Waals surface area (Å²) in [5, 5.41) is 19.8. The zero-order valence-corrected chi connectivity index (χ0v) is 16.4. The molecule has 10 heteroatoms. The van der Waals surface area contributed by atoms with Gasteiger partial charge in [0.1, 0.15) is 5.82 Å². The molecular weight excluding hydrogens is 409 g/mol. The largest absolute Gasteiger partial charge is 0.355 e. The molecule has 0 aliphatic heterocycles. The van der Waals surface area contributed by atoms with Crippen molar-refractivity contribution in [1.82, 2.24) is 19.9 Å². The van der Waals surface area contributed by atoms with Crippen LogP contribution in [0.1, 0.15) is 11.3 Å². The highest BCUT2D eigenvalue weighted by atomic mass is 32.1. The Morgan fingerprint density at radius 1 is 1.20 bits per heavy atom. The Balaban J connectivity index is 1.36. The molecule has 8 nitrogen and oxygen atoms in total. The third kappa shape index (κ3) is 4.18. The van der Waals surface area contributed by atoms with E-state index in [1.807, 2.05) is 5.38 Å². The number of hydrogen-bond acceptors (Lipinski definition) is 6. The summed E-state index contributed by atoms with van der Waals surface area (Å²) in [6, 6.07) is 12.2. The highest BCUT2D eigenvalue weighted by molar-refractivity contribution is 7.15. The number of carbonyl (C=O) groups excluding carboxylic acids is 1. The zero-order valence-electron chi connectivity index (χ0n) is 15.6. The van der Waals surface area contributed by atoms with E-state index in [0.29, 0.717) is 34.9 Å². The molecule has 0 fully saturated rings. The van der Waals surface area contributed by atoms with Gasteiger partial charge in [-0.2, -0.15) is 4.98 Å². The van der Waals surface area contributed by atoms with Gasteiger partial charge in [-0.3, -0.25) is 14.9 Å². The maximum Gasteiger partial charge on any atom is 0.269 e. The quantitative estimate of drug-likeness (QED) is 0.361. The number of amides is 1. The van der Waals surface area contributed by atoms with Crippen LogP contribution in [0.3, 0.4) is 0 Å². The van der Waals surface area contributed by atoms with E-state index in [1.54, 1.807) is 34.8 Å². The summed E-state index contributed by atoms with van der Waals surface area (Å²) in [7, 11) is 0. The average Bonchev–Trinajstić information content (AvgIpc) is 3.30. The fourth-order valence-corrected chi connectivity index (χ4v) is 3.82. The third-order valence-corrected chi connectivity index (χ3v) is 5.34. The van der Waals surface area contributed by atoms with E-state index < -0.39 is 4.92 Å². The first kappa shape index (κ1) is 19.6. The number of carbonyl (C=O) groups is 1. The Labute approximate surface area is 174 Å². The standard InChI is InChI=1S/C20H16FN5O3S/c21-17-4-2-1-3-16(17)19-23-20-25(24-19)15(12-30-20)9-10-22-18(27)11-13-5-7-14(8-6-13)26(28)29/h1-8,12H,9-11H2,(H,22,27). The second-order valence-electron chi connectivity index (χ2n) is 6.54. The number of non-ortho nitro benzene ring substituents is 1. The number of nitrogens with one attached hydrogen (secondary N) is 1. The Morgan fingerprint density at radius 2 is 1.97 bits per heavy atom. The van der Waals surface area contributed by atoms with E-state index in [2.05, 4.69) is 15.4 Å². The molecule has 0 radical (unpaired) electrons. The van der Waals surface area contributed by atoms with Gasteiger partial charge in [0.25, 0.3) is 5.69 Å². The molecule has 152 valence electrons. The van der Waals surface area contributed by atoms with Crippen molar-refractivity contribution in [3.63, 3.8) is 0 Å². The lowest BCUT2D eigenvalue weighted by atomic mass is 10.1. The summed E-state index contributed by atoms with van der Waals surface area (Å²) in [6.45, 7) is 0.395. The van der Waals surface area contributed by atoms with E-state index in [9.17, 15) is 19.3 Å². The van der Waals surface area contributed by atoms with Crippen LogP contribution < -0.4 is 5.32 Å². The molecule has 2 heterocycles. The van der Waals surface area contributed by atoms with Crippen LogP contribution in [0.2, 0.25) is 0 Å². The Kier molecular flexibility index (Phi) is 5.48. The molecule has 2 aromatic carbocycles. The average molecular weight is 425 g/mol. The van der Waals surface area contributed by atoms with Crippen LogP contribution in [0.4, 0.5) is 10.1 Å². The molecule has 1 amide bonds. The van der Waals surface area contributed by atoms with Crippen LogP contribution in [0, 0.1) is 15.9 Å². The number of aromatic nitrogens is 3. The number of halogens is 1. The monoisotopic (exact) mass is 425 g/mol. The number of nitro groups is 1. The van der Waals surface area contributed by atoms with Crippen LogP contribution in [-0.2, 0) is 17.6 Å². The molecule has 4 aromatic rings. The highest BCUT2D eigenvalue weighted by Crippen LogP contribution is 2.23. The van der Waals surface area contributed by atoms with Crippen molar-refractivity contribution in [2.45, 2.75) is 12.8 Å². The molecule has 1 N–H and O–H groups in total. The van der Waals surface area contributed by atoms with Crippen LogP contribution in [-0.4, -0.2) is 32.0 Å². The molecular formula is C20H16FN5O3S. The maximum atomic E-state index is 14.0. The molecule has 0 bridgehead atoms. The minimum Gasteiger partial charge on any atom is -0.355 e. The lowest BCUT2D eigenvalue weighted by Gasteiger charge is -2.05. The number of thiazole rings is 1. The number of benzene rings is 2. The topological polar surface area (TPSA) is 102 Å². The SMILES string of the molecule is O=C(Cc1ccc([N+](=O)[O-])cc1)NCCc1csc2nc(-c3ccccc3F)nn12. The summed E-state index contributed by atoms with van der Waals surface area (Å²) < 4.78 is 15.6. The summed E-state index contributed by atoms with van der Waals surface area (Å²) >= 11 is 1.40. The molecule has 0 saturated carbocycles. The third-order valence-electron chi connectivity index (χ3n) is 4.48. The van der Waals surface area contributed by atoms with E-state index >= 15 is 0 Å². The van der Waals surface area contributed by atoms with Gasteiger partial charge in [0.2, 0.25) is 10.9 Å². The molecule has 0 saturated heterocycles. The molecule has 30 heavy (non-hydrogen) atoms. The van der Waals surface area contributed by atoms with Crippen molar-refractivity contribution in [2.75, 3.05) is 6.54 Å². The fourth-order valence-electron chi connectivity index (χ4n) is 2.97. The van der Waals surface area contributed by atoms with Crippen molar-refractivity contribution in [1.29, 1.82) is 0 Å². The van der Waals surface area contributed by atoms with Gasteiger partial charge in [-0.05, 0) is 17.7 Å². The van der Waals surface area contributed by atoms with Crippen molar-refractivity contribution in [3.05, 3.63) is 81.1 Å². The van der Waals surface area contributed by atoms with E-state index in [1.165, 1.54) is 29.5 Å². The molecule has 0 atom stereocenters. The van der Waals surface area contributed by atoms with Gasteiger partial charge < -0.3 is 5.32 Å². The van der Waals surface area contributed by atoms with Crippen molar-refractivity contribution < 1.29 is 14.1 Å². The molecule has 2 aromatic heterocycles. The molecule has 0 unspecified atom stereocenters. The minimum absolute atomic E-state index is 0.0109. The van der Waals surface area contributed by atoms with Gasteiger partial charge in [-0.25, -0.2) is 8.91 Å². The normalized spacial score (nSPS) is 11.0. The summed E-state index contributed by atoms with van der Waals surface area (Å²) in [5.41, 5.74) is 1.89. The predicted octanol–water partition coefficient (Wildman–Crippen LogP) is 3.41. The molecule has 4 rings (SSSR count). The van der Waals surface area contributed by atoms with Crippen LogP contribution in [0.5, 0.6) is 0 Å². The van der Waals surface area contributed by atoms with Crippen LogP contribution in [0.25, 0.3) is 16.3 Å². The van der Waals surface area contributed by atoms with Crippen molar-refractivity contribution >= 4 is 27.9 Å². The van der Waals surface area contributed by atoms with Gasteiger partial charge in [-0.1, -0.05) is 24.3 Å². The van der Waals surface area contributed by atoms with Crippen LogP contribution in [0.15, 0.2) is 53.9 Å². The van der Waals surface area contributed by atoms with E-state index in [4.69, 9.17) is 0 Å². The fraction of sp³-hybridized carbons (Fsp3) is 0.150. The van der Waals surface area contributed by atoms with Crippen molar-refractivity contribution in [2.24, 2.45) is 0 Å². The first-order chi connectivity index (χ1) is 14.5. The smallest absolute Gasteiger partial charge is 0.269 e. The number of nitro benzene ring substituents is 1. The second-order valence-corrected chi connectivity index (χ2v) is 7.37. The van der Waals surface area contributed by atoms with Gasteiger partial charge >= 0.3 is 0 Å². The maximum absolute atomic E-state index is 14.0.